The molecule has 4 aromatic rings. The Bertz CT molecular complexity index is 1100. The van der Waals surface area contributed by atoms with Gasteiger partial charge in [-0.15, -0.1) is 0 Å². The van der Waals surface area contributed by atoms with Gasteiger partial charge in [-0.1, -0.05) is 6.07 Å². The highest BCUT2D eigenvalue weighted by molar-refractivity contribution is 5.86. The lowest BCUT2D eigenvalue weighted by atomic mass is 10.1. The first-order chi connectivity index (χ1) is 12.1. The minimum Gasteiger partial charge on any atom is -0.476 e. The monoisotopic (exact) mass is 331 g/mol. The maximum absolute atomic E-state index is 11.3. The largest absolute Gasteiger partial charge is 0.476 e. The van der Waals surface area contributed by atoms with Crippen molar-refractivity contribution in [1.29, 1.82) is 0 Å². The summed E-state index contributed by atoms with van der Waals surface area (Å²) in [5.41, 5.74) is 4.17. The predicted octanol–water partition coefficient (Wildman–Crippen LogP) is 2.86. The SMILES string of the molecule is Cc1cccc(-c2ncccc2-c2ccc3ncc(C(=O)O)n3n2)n1. The highest BCUT2D eigenvalue weighted by Gasteiger charge is 2.15. The molecule has 0 aromatic carbocycles. The number of carboxylic acids is 1. The van der Waals surface area contributed by atoms with E-state index in [2.05, 4.69) is 20.1 Å². The van der Waals surface area contributed by atoms with E-state index in [0.29, 0.717) is 17.0 Å². The molecule has 0 radical (unpaired) electrons. The summed E-state index contributed by atoms with van der Waals surface area (Å²) in [7, 11) is 0. The van der Waals surface area contributed by atoms with Crippen LogP contribution in [0.2, 0.25) is 0 Å². The maximum Gasteiger partial charge on any atom is 0.356 e. The number of carboxylic acid groups (broad SMARTS) is 1. The van der Waals surface area contributed by atoms with E-state index >= 15 is 0 Å². The van der Waals surface area contributed by atoms with Crippen LogP contribution in [0.3, 0.4) is 0 Å². The molecule has 0 aliphatic rings. The van der Waals surface area contributed by atoms with Crippen molar-refractivity contribution in [3.63, 3.8) is 0 Å². The lowest BCUT2D eigenvalue weighted by Gasteiger charge is -2.08. The summed E-state index contributed by atoms with van der Waals surface area (Å²) in [6.07, 6.45) is 2.99. The van der Waals surface area contributed by atoms with Gasteiger partial charge in [0.15, 0.2) is 11.3 Å². The van der Waals surface area contributed by atoms with Gasteiger partial charge in [-0.3, -0.25) is 9.97 Å². The van der Waals surface area contributed by atoms with Crippen LogP contribution in [0.15, 0.2) is 54.9 Å². The highest BCUT2D eigenvalue weighted by atomic mass is 16.4. The minimum atomic E-state index is -1.08. The summed E-state index contributed by atoms with van der Waals surface area (Å²) in [5, 5.41) is 13.7. The Morgan fingerprint density at radius 3 is 2.72 bits per heavy atom. The number of hydrogen-bond donors (Lipinski definition) is 1. The average molecular weight is 331 g/mol. The van der Waals surface area contributed by atoms with Crippen LogP contribution in [0.4, 0.5) is 0 Å². The van der Waals surface area contributed by atoms with Crippen LogP contribution in [0.5, 0.6) is 0 Å². The number of fused-ring (bicyclic) bond motifs is 1. The second-order valence-corrected chi connectivity index (χ2v) is 5.50. The number of rotatable bonds is 3. The summed E-state index contributed by atoms with van der Waals surface area (Å²) in [4.78, 5) is 24.4. The Hall–Kier alpha value is -3.61. The Morgan fingerprint density at radius 1 is 1.04 bits per heavy atom. The number of carbonyl (C=O) groups is 1. The number of imidazole rings is 1. The molecule has 0 atom stereocenters. The second kappa shape index (κ2) is 5.79. The van der Waals surface area contributed by atoms with Crippen LogP contribution in [0, 0.1) is 6.92 Å². The zero-order valence-corrected chi connectivity index (χ0v) is 13.3. The number of aromatic nitrogens is 5. The van der Waals surface area contributed by atoms with Gasteiger partial charge in [-0.25, -0.2) is 14.3 Å². The van der Waals surface area contributed by atoms with Gasteiger partial charge in [0.05, 0.1) is 23.3 Å². The molecule has 0 spiro atoms. The van der Waals surface area contributed by atoms with Gasteiger partial charge in [-0.2, -0.15) is 5.10 Å². The van der Waals surface area contributed by atoms with E-state index in [1.165, 1.54) is 10.7 Å². The fourth-order valence-electron chi connectivity index (χ4n) is 2.65. The summed E-state index contributed by atoms with van der Waals surface area (Å²) < 4.78 is 1.32. The molecule has 4 heterocycles. The number of hydrogen-bond acceptors (Lipinski definition) is 5. The molecule has 4 aromatic heterocycles. The van der Waals surface area contributed by atoms with Gasteiger partial charge in [0.1, 0.15) is 0 Å². The molecule has 25 heavy (non-hydrogen) atoms. The first-order valence-electron chi connectivity index (χ1n) is 7.61. The lowest BCUT2D eigenvalue weighted by molar-refractivity contribution is 0.0688. The molecule has 0 aliphatic carbocycles. The van der Waals surface area contributed by atoms with Crippen LogP contribution in [-0.4, -0.2) is 35.6 Å². The normalized spacial score (nSPS) is 10.9. The van der Waals surface area contributed by atoms with Gasteiger partial charge in [0.2, 0.25) is 0 Å². The molecule has 0 saturated heterocycles. The third kappa shape index (κ3) is 2.61. The summed E-state index contributed by atoms with van der Waals surface area (Å²) >= 11 is 0. The van der Waals surface area contributed by atoms with Crippen molar-refractivity contribution in [3.8, 4) is 22.6 Å². The molecule has 0 unspecified atom stereocenters. The van der Waals surface area contributed by atoms with Gasteiger partial charge in [0.25, 0.3) is 0 Å². The Labute approximate surface area is 142 Å². The van der Waals surface area contributed by atoms with Crippen molar-refractivity contribution in [1.82, 2.24) is 24.6 Å². The molecule has 0 fully saturated rings. The molecular weight excluding hydrogens is 318 g/mol. The lowest BCUT2D eigenvalue weighted by Crippen LogP contribution is -2.05. The fraction of sp³-hybridized carbons (Fsp3) is 0.0556. The Morgan fingerprint density at radius 2 is 1.92 bits per heavy atom. The van der Waals surface area contributed by atoms with E-state index in [1.807, 2.05) is 37.3 Å². The molecule has 0 bridgehead atoms. The first-order valence-corrected chi connectivity index (χ1v) is 7.61. The molecule has 7 heteroatoms. The van der Waals surface area contributed by atoms with Gasteiger partial charge in [-0.05, 0) is 43.3 Å². The summed E-state index contributed by atoms with van der Waals surface area (Å²) in [6.45, 7) is 1.92. The van der Waals surface area contributed by atoms with Crippen molar-refractivity contribution in [3.05, 3.63) is 66.2 Å². The first kappa shape index (κ1) is 14.9. The minimum absolute atomic E-state index is 0.0102. The van der Waals surface area contributed by atoms with E-state index in [9.17, 15) is 9.90 Å². The standard InChI is InChI=1S/C18H13N5O2/c1-11-4-2-6-14(21-11)17-12(5-3-9-19-17)13-7-8-16-20-10-15(18(24)25)23(16)22-13/h2-10H,1H3,(H,24,25). The molecular formula is C18H13N5O2. The topological polar surface area (TPSA) is 93.3 Å². The predicted molar refractivity (Wildman–Crippen MR) is 91.1 cm³/mol. The molecule has 0 amide bonds. The highest BCUT2D eigenvalue weighted by Crippen LogP contribution is 2.28. The number of aromatic carboxylic acids is 1. The number of aryl methyl sites for hydroxylation is 1. The van der Waals surface area contributed by atoms with Gasteiger partial charge >= 0.3 is 5.97 Å². The number of pyridine rings is 2. The van der Waals surface area contributed by atoms with Gasteiger partial charge < -0.3 is 5.11 Å². The van der Waals surface area contributed by atoms with E-state index < -0.39 is 5.97 Å². The molecule has 4 rings (SSSR count). The van der Waals surface area contributed by atoms with Crippen molar-refractivity contribution in [2.24, 2.45) is 0 Å². The fourth-order valence-corrected chi connectivity index (χ4v) is 2.65. The summed E-state index contributed by atoms with van der Waals surface area (Å²) in [5.74, 6) is -1.08. The van der Waals surface area contributed by atoms with Crippen LogP contribution >= 0.6 is 0 Å². The zero-order chi connectivity index (χ0) is 17.4. The Balaban J connectivity index is 1.92. The summed E-state index contributed by atoms with van der Waals surface area (Å²) in [6, 6.07) is 13.0. The van der Waals surface area contributed by atoms with Crippen LogP contribution in [-0.2, 0) is 0 Å². The van der Waals surface area contributed by atoms with Crippen molar-refractivity contribution >= 4 is 11.6 Å². The molecule has 7 nitrogen and oxygen atoms in total. The van der Waals surface area contributed by atoms with E-state index in [0.717, 1.165) is 17.0 Å². The third-order valence-electron chi connectivity index (χ3n) is 3.80. The maximum atomic E-state index is 11.3. The quantitative estimate of drug-likeness (QED) is 0.620. The molecule has 0 saturated carbocycles. The Kier molecular flexibility index (Phi) is 3.46. The van der Waals surface area contributed by atoms with Crippen LogP contribution in [0.25, 0.3) is 28.3 Å². The molecule has 122 valence electrons. The van der Waals surface area contributed by atoms with Crippen molar-refractivity contribution < 1.29 is 9.90 Å². The molecule has 1 N–H and O–H groups in total. The number of nitrogens with zero attached hydrogens (tertiary/aromatic N) is 5. The third-order valence-corrected chi connectivity index (χ3v) is 3.80. The van der Waals surface area contributed by atoms with Crippen LogP contribution in [0.1, 0.15) is 16.2 Å². The van der Waals surface area contributed by atoms with E-state index in [1.54, 1.807) is 18.3 Å². The smallest absolute Gasteiger partial charge is 0.356 e. The van der Waals surface area contributed by atoms with Gasteiger partial charge in [0, 0.05) is 17.5 Å². The van der Waals surface area contributed by atoms with Crippen LogP contribution < -0.4 is 0 Å². The van der Waals surface area contributed by atoms with Crippen molar-refractivity contribution in [2.45, 2.75) is 6.92 Å². The second-order valence-electron chi connectivity index (χ2n) is 5.50. The van der Waals surface area contributed by atoms with E-state index in [4.69, 9.17) is 0 Å². The molecule has 0 aliphatic heterocycles. The van der Waals surface area contributed by atoms with E-state index in [-0.39, 0.29) is 5.69 Å². The average Bonchev–Trinajstić information content (AvgIpc) is 3.05. The van der Waals surface area contributed by atoms with Crippen molar-refractivity contribution in [2.75, 3.05) is 0 Å². The zero-order valence-electron chi connectivity index (χ0n) is 13.3.